The van der Waals surface area contributed by atoms with Crippen LogP contribution in [0.3, 0.4) is 0 Å². The Bertz CT molecular complexity index is 761. The highest BCUT2D eigenvalue weighted by atomic mass is 32.2. The van der Waals surface area contributed by atoms with Crippen LogP contribution in [0, 0.1) is 6.92 Å². The number of carbonyl (C=O) groups excluding carboxylic acids is 1. The van der Waals surface area contributed by atoms with Gasteiger partial charge >= 0.3 is 0 Å². The van der Waals surface area contributed by atoms with Crippen LogP contribution in [-0.4, -0.2) is 24.0 Å². The first-order valence-electron chi connectivity index (χ1n) is 6.39. The van der Waals surface area contributed by atoms with E-state index in [1.807, 2.05) is 6.92 Å². The number of nitrogens with one attached hydrogen (secondary N) is 1. The molecule has 7 heteroatoms. The van der Waals surface area contributed by atoms with Crippen molar-refractivity contribution >= 4 is 15.8 Å². The second kappa shape index (κ2) is 5.79. The number of Topliss-reactive ketones (excluding diaryl/α,β-unsaturated/α-hetero) is 1. The van der Waals surface area contributed by atoms with Crippen molar-refractivity contribution in [3.63, 3.8) is 0 Å². The second-order valence-electron chi connectivity index (χ2n) is 4.82. The van der Waals surface area contributed by atoms with Crippen molar-refractivity contribution in [2.75, 3.05) is 0 Å². The molecule has 21 heavy (non-hydrogen) atoms. The van der Waals surface area contributed by atoms with Gasteiger partial charge in [0, 0.05) is 30.9 Å². The number of ketones is 1. The molecule has 0 aliphatic rings. The summed E-state index contributed by atoms with van der Waals surface area (Å²) >= 11 is 0. The fourth-order valence-corrected chi connectivity index (χ4v) is 2.95. The third-order valence-electron chi connectivity index (χ3n) is 3.14. The normalized spacial score (nSPS) is 11.6. The van der Waals surface area contributed by atoms with Crippen molar-refractivity contribution in [1.82, 2.24) is 14.5 Å². The van der Waals surface area contributed by atoms with Gasteiger partial charge in [-0.25, -0.2) is 13.1 Å². The predicted octanol–water partition coefficient (Wildman–Crippen LogP) is 1.41. The highest BCUT2D eigenvalue weighted by Gasteiger charge is 2.15. The lowest BCUT2D eigenvalue weighted by Crippen LogP contribution is -2.23. The van der Waals surface area contributed by atoms with Crippen molar-refractivity contribution in [3.05, 3.63) is 47.3 Å². The van der Waals surface area contributed by atoms with E-state index in [1.165, 1.54) is 31.2 Å². The van der Waals surface area contributed by atoms with E-state index >= 15 is 0 Å². The van der Waals surface area contributed by atoms with Gasteiger partial charge in [0.15, 0.2) is 5.78 Å². The van der Waals surface area contributed by atoms with Gasteiger partial charge in [-0.05, 0) is 26.0 Å². The zero-order chi connectivity index (χ0) is 15.6. The maximum atomic E-state index is 12.2. The van der Waals surface area contributed by atoms with Crippen LogP contribution in [0.5, 0.6) is 0 Å². The fraction of sp³-hybridized carbons (Fsp3) is 0.286. The number of benzene rings is 1. The average Bonchev–Trinajstić information content (AvgIpc) is 2.75. The molecule has 0 fully saturated rings. The smallest absolute Gasteiger partial charge is 0.240 e. The molecule has 1 heterocycles. The van der Waals surface area contributed by atoms with Crippen LogP contribution in [0.2, 0.25) is 0 Å². The Kier molecular flexibility index (Phi) is 4.24. The van der Waals surface area contributed by atoms with Crippen molar-refractivity contribution < 1.29 is 13.2 Å². The molecule has 0 bridgehead atoms. The summed E-state index contributed by atoms with van der Waals surface area (Å²) < 4.78 is 28.5. The van der Waals surface area contributed by atoms with E-state index in [2.05, 4.69) is 9.82 Å². The van der Waals surface area contributed by atoms with Gasteiger partial charge in [0.25, 0.3) is 0 Å². The number of aromatic nitrogens is 2. The summed E-state index contributed by atoms with van der Waals surface area (Å²) in [6.07, 6.45) is 1.77. The summed E-state index contributed by atoms with van der Waals surface area (Å²) in [4.78, 5) is 11.3. The monoisotopic (exact) mass is 307 g/mol. The van der Waals surface area contributed by atoms with Crippen LogP contribution in [0.4, 0.5) is 0 Å². The molecule has 0 saturated heterocycles. The van der Waals surface area contributed by atoms with Crippen molar-refractivity contribution in [2.45, 2.75) is 25.3 Å². The van der Waals surface area contributed by atoms with Gasteiger partial charge in [-0.1, -0.05) is 12.1 Å². The minimum atomic E-state index is -3.61. The highest BCUT2D eigenvalue weighted by Crippen LogP contribution is 2.12. The molecule has 2 aromatic rings. The quantitative estimate of drug-likeness (QED) is 0.847. The Balaban J connectivity index is 2.14. The number of nitrogens with zero attached hydrogens (tertiary/aromatic N) is 2. The molecule has 0 spiro atoms. The highest BCUT2D eigenvalue weighted by molar-refractivity contribution is 7.89. The van der Waals surface area contributed by atoms with Gasteiger partial charge < -0.3 is 0 Å². The molecule has 1 aromatic heterocycles. The van der Waals surface area contributed by atoms with Gasteiger partial charge in [0.05, 0.1) is 10.6 Å². The van der Waals surface area contributed by atoms with E-state index in [0.717, 1.165) is 11.3 Å². The van der Waals surface area contributed by atoms with Crippen molar-refractivity contribution in [3.8, 4) is 0 Å². The van der Waals surface area contributed by atoms with Gasteiger partial charge in [-0.2, -0.15) is 5.10 Å². The Morgan fingerprint density at radius 2 is 1.90 bits per heavy atom. The second-order valence-corrected chi connectivity index (χ2v) is 6.59. The third kappa shape index (κ3) is 3.56. The van der Waals surface area contributed by atoms with Crippen LogP contribution in [0.1, 0.15) is 28.5 Å². The van der Waals surface area contributed by atoms with Gasteiger partial charge in [-0.3, -0.25) is 9.48 Å². The molecule has 1 aromatic carbocycles. The van der Waals surface area contributed by atoms with E-state index in [0.29, 0.717) is 5.56 Å². The van der Waals surface area contributed by atoms with Crippen LogP contribution in [-0.2, 0) is 23.6 Å². The molecule has 0 unspecified atom stereocenters. The van der Waals surface area contributed by atoms with Crippen molar-refractivity contribution in [1.29, 1.82) is 0 Å². The van der Waals surface area contributed by atoms with E-state index in [9.17, 15) is 13.2 Å². The number of rotatable bonds is 5. The van der Waals surface area contributed by atoms with E-state index < -0.39 is 10.0 Å². The summed E-state index contributed by atoms with van der Waals surface area (Å²) in [6, 6.07) is 5.86. The minimum absolute atomic E-state index is 0.0992. The summed E-state index contributed by atoms with van der Waals surface area (Å²) in [5.74, 6) is -0.0992. The zero-order valence-electron chi connectivity index (χ0n) is 12.1. The topological polar surface area (TPSA) is 81.1 Å². The molecule has 6 nitrogen and oxygen atoms in total. The SMILES string of the molecule is CC(=O)c1ccc(S(=O)(=O)NCc2cn(C)nc2C)cc1. The first kappa shape index (κ1) is 15.4. The summed E-state index contributed by atoms with van der Waals surface area (Å²) in [5, 5.41) is 4.16. The standard InChI is InChI=1S/C14H17N3O3S/c1-10-13(9-17(3)16-10)8-15-21(19,20)14-6-4-12(5-7-14)11(2)18/h4-7,9,15H,8H2,1-3H3. The van der Waals surface area contributed by atoms with Gasteiger partial charge in [0.2, 0.25) is 10.0 Å². The van der Waals surface area contributed by atoms with E-state index in [1.54, 1.807) is 17.9 Å². The molecule has 0 aliphatic heterocycles. The average molecular weight is 307 g/mol. The number of hydrogen-bond donors (Lipinski definition) is 1. The van der Waals surface area contributed by atoms with Crippen LogP contribution < -0.4 is 4.72 Å². The Labute approximate surface area is 123 Å². The van der Waals surface area contributed by atoms with E-state index in [-0.39, 0.29) is 17.2 Å². The van der Waals surface area contributed by atoms with Crippen molar-refractivity contribution in [2.24, 2.45) is 7.05 Å². The molecule has 0 aliphatic carbocycles. The lowest BCUT2D eigenvalue weighted by Gasteiger charge is -2.06. The maximum Gasteiger partial charge on any atom is 0.240 e. The Morgan fingerprint density at radius 3 is 2.38 bits per heavy atom. The Morgan fingerprint density at radius 1 is 1.29 bits per heavy atom. The van der Waals surface area contributed by atoms with Gasteiger partial charge in [-0.15, -0.1) is 0 Å². The first-order valence-corrected chi connectivity index (χ1v) is 7.88. The summed E-state index contributed by atoms with van der Waals surface area (Å²) in [5.41, 5.74) is 2.09. The molecule has 0 saturated carbocycles. The van der Waals surface area contributed by atoms with E-state index in [4.69, 9.17) is 0 Å². The largest absolute Gasteiger partial charge is 0.295 e. The molecule has 2 rings (SSSR count). The number of aryl methyl sites for hydroxylation is 2. The number of carbonyl (C=O) groups is 1. The molecular formula is C14H17N3O3S. The number of hydrogen-bond acceptors (Lipinski definition) is 4. The molecule has 0 amide bonds. The molecule has 0 radical (unpaired) electrons. The number of sulfonamides is 1. The van der Waals surface area contributed by atoms with Crippen LogP contribution in [0.25, 0.3) is 0 Å². The van der Waals surface area contributed by atoms with Crippen LogP contribution in [0.15, 0.2) is 35.4 Å². The Hall–Kier alpha value is -1.99. The lowest BCUT2D eigenvalue weighted by atomic mass is 10.2. The molecular weight excluding hydrogens is 290 g/mol. The predicted molar refractivity (Wildman–Crippen MR) is 78.4 cm³/mol. The summed E-state index contributed by atoms with van der Waals surface area (Å²) in [6.45, 7) is 3.44. The molecule has 1 N–H and O–H groups in total. The molecule has 0 atom stereocenters. The minimum Gasteiger partial charge on any atom is -0.295 e. The fourth-order valence-electron chi connectivity index (χ4n) is 1.95. The zero-order valence-corrected chi connectivity index (χ0v) is 12.9. The first-order chi connectivity index (χ1) is 9.79. The summed E-state index contributed by atoms with van der Waals surface area (Å²) in [7, 11) is -1.82. The molecule has 112 valence electrons. The van der Waals surface area contributed by atoms with Crippen LogP contribution >= 0.6 is 0 Å². The van der Waals surface area contributed by atoms with Gasteiger partial charge in [0.1, 0.15) is 0 Å². The lowest BCUT2D eigenvalue weighted by molar-refractivity contribution is 0.101. The third-order valence-corrected chi connectivity index (χ3v) is 4.56. The maximum absolute atomic E-state index is 12.2.